The molecule has 3 heteroatoms. The molecule has 2 nitrogen and oxygen atoms in total. The summed E-state index contributed by atoms with van der Waals surface area (Å²) in [6, 6.07) is 5.93. The molecule has 0 N–H and O–H groups in total. The van der Waals surface area contributed by atoms with Gasteiger partial charge in [0.15, 0.2) is 0 Å². The van der Waals surface area contributed by atoms with Crippen molar-refractivity contribution in [3.8, 4) is 6.07 Å². The summed E-state index contributed by atoms with van der Waals surface area (Å²) < 4.78 is 5.19. The van der Waals surface area contributed by atoms with Crippen molar-refractivity contribution >= 4 is 21.6 Å². The van der Waals surface area contributed by atoms with E-state index in [0.717, 1.165) is 21.2 Å². The van der Waals surface area contributed by atoms with Gasteiger partial charge in [-0.15, -0.1) is 0 Å². The molecular formula is C9H6N2S. The second-order valence-electron chi connectivity index (χ2n) is 2.59. The average Bonchev–Trinajstić information content (AvgIpc) is 2.53. The number of nitriles is 1. The second kappa shape index (κ2) is 2.58. The van der Waals surface area contributed by atoms with Crippen LogP contribution in [0.3, 0.4) is 0 Å². The first-order valence-electron chi connectivity index (χ1n) is 3.57. The van der Waals surface area contributed by atoms with Gasteiger partial charge in [-0.3, -0.25) is 0 Å². The summed E-state index contributed by atoms with van der Waals surface area (Å²) in [5.74, 6) is 0. The molecule has 0 aliphatic carbocycles. The predicted octanol–water partition coefficient (Wildman–Crippen LogP) is 2.48. The zero-order valence-electron chi connectivity index (χ0n) is 6.53. The first-order valence-corrected chi connectivity index (χ1v) is 4.34. The van der Waals surface area contributed by atoms with Crippen molar-refractivity contribution in [3.63, 3.8) is 0 Å². The van der Waals surface area contributed by atoms with Crippen molar-refractivity contribution in [2.24, 2.45) is 0 Å². The van der Waals surface area contributed by atoms with E-state index >= 15 is 0 Å². The lowest BCUT2D eigenvalue weighted by Gasteiger charge is -1.95. The van der Waals surface area contributed by atoms with Gasteiger partial charge < -0.3 is 0 Å². The third-order valence-corrected chi connectivity index (χ3v) is 2.83. The number of aryl methyl sites for hydroxylation is 1. The summed E-state index contributed by atoms with van der Waals surface area (Å²) in [5, 5.41) is 9.87. The van der Waals surface area contributed by atoms with Gasteiger partial charge in [0.25, 0.3) is 0 Å². The van der Waals surface area contributed by atoms with Gasteiger partial charge in [-0.1, -0.05) is 6.07 Å². The van der Waals surface area contributed by atoms with Crippen molar-refractivity contribution in [1.29, 1.82) is 5.26 Å². The quantitative estimate of drug-likeness (QED) is 0.615. The molecule has 0 bridgehead atoms. The van der Waals surface area contributed by atoms with E-state index in [1.165, 1.54) is 11.5 Å². The molecule has 1 aromatic heterocycles. The summed E-state index contributed by atoms with van der Waals surface area (Å²) in [5.41, 5.74) is 1.78. The smallest absolute Gasteiger partial charge is 0.0994 e. The van der Waals surface area contributed by atoms with Crippen LogP contribution >= 0.6 is 11.5 Å². The van der Waals surface area contributed by atoms with Gasteiger partial charge in [-0.2, -0.15) is 9.64 Å². The summed E-state index contributed by atoms with van der Waals surface area (Å²) in [6.07, 6.45) is 1.83. The lowest BCUT2D eigenvalue weighted by atomic mass is 10.1. The Labute approximate surface area is 74.2 Å². The molecule has 0 radical (unpaired) electrons. The Hall–Kier alpha value is -1.40. The van der Waals surface area contributed by atoms with Crippen molar-refractivity contribution in [3.05, 3.63) is 29.5 Å². The SMILES string of the molecule is Cc1c(C#N)ccc2cnsc12. The molecule has 0 amide bonds. The number of nitrogens with zero attached hydrogens (tertiary/aromatic N) is 2. The largest absolute Gasteiger partial charge is 0.200 e. The monoisotopic (exact) mass is 174 g/mol. The van der Waals surface area contributed by atoms with Gasteiger partial charge in [-0.05, 0) is 30.1 Å². The van der Waals surface area contributed by atoms with Crippen LogP contribution in [0.2, 0.25) is 0 Å². The molecule has 0 saturated carbocycles. The van der Waals surface area contributed by atoms with Crippen LogP contribution in [-0.2, 0) is 0 Å². The molecule has 2 rings (SSSR count). The lowest BCUT2D eigenvalue weighted by Crippen LogP contribution is -1.80. The topological polar surface area (TPSA) is 36.7 Å². The van der Waals surface area contributed by atoms with Gasteiger partial charge >= 0.3 is 0 Å². The fraction of sp³-hybridized carbons (Fsp3) is 0.111. The van der Waals surface area contributed by atoms with Crippen LogP contribution in [0.5, 0.6) is 0 Å². The van der Waals surface area contributed by atoms with Crippen LogP contribution in [0.4, 0.5) is 0 Å². The van der Waals surface area contributed by atoms with Crippen LogP contribution in [0.25, 0.3) is 10.1 Å². The van der Waals surface area contributed by atoms with Crippen LogP contribution in [0.15, 0.2) is 18.3 Å². The maximum atomic E-state index is 8.75. The normalized spacial score (nSPS) is 10.0. The fourth-order valence-corrected chi connectivity index (χ4v) is 1.94. The zero-order chi connectivity index (χ0) is 8.55. The molecule has 0 atom stereocenters. The van der Waals surface area contributed by atoms with Gasteiger partial charge in [0.1, 0.15) is 0 Å². The van der Waals surface area contributed by atoms with E-state index in [9.17, 15) is 0 Å². The highest BCUT2D eigenvalue weighted by molar-refractivity contribution is 7.13. The van der Waals surface area contributed by atoms with E-state index in [1.807, 2.05) is 25.3 Å². The first kappa shape index (κ1) is 7.26. The fourth-order valence-electron chi connectivity index (χ4n) is 1.19. The Morgan fingerprint density at radius 2 is 2.33 bits per heavy atom. The number of rotatable bonds is 0. The van der Waals surface area contributed by atoms with E-state index in [4.69, 9.17) is 5.26 Å². The van der Waals surface area contributed by atoms with Crippen molar-refractivity contribution in [1.82, 2.24) is 4.37 Å². The van der Waals surface area contributed by atoms with Crippen molar-refractivity contribution in [2.75, 3.05) is 0 Å². The molecule has 0 aliphatic heterocycles. The highest BCUT2D eigenvalue weighted by Gasteiger charge is 2.03. The third-order valence-electron chi connectivity index (χ3n) is 1.89. The minimum Gasteiger partial charge on any atom is -0.200 e. The Balaban J connectivity index is 2.89. The van der Waals surface area contributed by atoms with E-state index < -0.39 is 0 Å². The summed E-state index contributed by atoms with van der Waals surface area (Å²) >= 11 is 1.44. The third kappa shape index (κ3) is 0.892. The molecule has 0 saturated heterocycles. The van der Waals surface area contributed by atoms with E-state index in [1.54, 1.807) is 0 Å². The molecule has 0 aliphatic rings. The van der Waals surface area contributed by atoms with Gasteiger partial charge in [-0.25, -0.2) is 0 Å². The predicted molar refractivity (Wildman–Crippen MR) is 49.1 cm³/mol. The molecule has 0 spiro atoms. The molecular weight excluding hydrogens is 168 g/mol. The van der Waals surface area contributed by atoms with Crippen molar-refractivity contribution < 1.29 is 0 Å². The number of aromatic nitrogens is 1. The Bertz CT molecular complexity index is 465. The number of hydrogen-bond acceptors (Lipinski definition) is 3. The van der Waals surface area contributed by atoms with Gasteiger partial charge in [0, 0.05) is 11.6 Å². The minimum atomic E-state index is 0.742. The standard InChI is InChI=1S/C9H6N2S/c1-6-7(4-10)2-3-8-5-11-12-9(6)8/h2-3,5H,1H3. The van der Waals surface area contributed by atoms with E-state index in [2.05, 4.69) is 10.4 Å². The molecule has 12 heavy (non-hydrogen) atoms. The van der Waals surface area contributed by atoms with Crippen LogP contribution in [-0.4, -0.2) is 4.37 Å². The molecule has 0 unspecified atom stereocenters. The molecule has 1 heterocycles. The van der Waals surface area contributed by atoms with Crippen LogP contribution < -0.4 is 0 Å². The second-order valence-corrected chi connectivity index (χ2v) is 3.40. The maximum absolute atomic E-state index is 8.75. The van der Waals surface area contributed by atoms with E-state index in [-0.39, 0.29) is 0 Å². The van der Waals surface area contributed by atoms with E-state index in [0.29, 0.717) is 0 Å². The maximum Gasteiger partial charge on any atom is 0.0994 e. The van der Waals surface area contributed by atoms with Gasteiger partial charge in [0.2, 0.25) is 0 Å². The average molecular weight is 174 g/mol. The molecule has 2 aromatic rings. The minimum absolute atomic E-state index is 0.742. The zero-order valence-corrected chi connectivity index (χ0v) is 7.35. The molecule has 58 valence electrons. The summed E-state index contributed by atoms with van der Waals surface area (Å²) in [7, 11) is 0. The summed E-state index contributed by atoms with van der Waals surface area (Å²) in [4.78, 5) is 0. The van der Waals surface area contributed by atoms with Gasteiger partial charge in [0.05, 0.1) is 16.3 Å². The first-order chi connectivity index (χ1) is 5.83. The Morgan fingerprint density at radius 1 is 1.50 bits per heavy atom. The Morgan fingerprint density at radius 3 is 3.08 bits per heavy atom. The number of fused-ring (bicyclic) bond motifs is 1. The highest BCUT2D eigenvalue weighted by atomic mass is 32.1. The molecule has 1 aromatic carbocycles. The Kier molecular flexibility index (Phi) is 1.56. The van der Waals surface area contributed by atoms with Crippen LogP contribution in [0, 0.1) is 18.3 Å². The number of hydrogen-bond donors (Lipinski definition) is 0. The van der Waals surface area contributed by atoms with Crippen LogP contribution in [0.1, 0.15) is 11.1 Å². The molecule has 0 fully saturated rings. The summed E-state index contributed by atoms with van der Waals surface area (Å²) in [6.45, 7) is 1.96. The highest BCUT2D eigenvalue weighted by Crippen LogP contribution is 2.24. The lowest BCUT2D eigenvalue weighted by molar-refractivity contribution is 1.44. The number of benzene rings is 1. The van der Waals surface area contributed by atoms with Crippen molar-refractivity contribution in [2.45, 2.75) is 6.92 Å².